The first-order valence-corrected chi connectivity index (χ1v) is 6.48. The van der Waals surface area contributed by atoms with Crippen molar-refractivity contribution in [3.63, 3.8) is 0 Å². The summed E-state index contributed by atoms with van der Waals surface area (Å²) in [4.78, 5) is 16.4. The number of halogens is 2. The summed E-state index contributed by atoms with van der Waals surface area (Å²) in [6, 6.07) is 13.3. The van der Waals surface area contributed by atoms with E-state index < -0.39 is 11.7 Å². The number of carbonyl (C=O) groups is 1. The van der Waals surface area contributed by atoms with Crippen LogP contribution in [0.3, 0.4) is 0 Å². The smallest absolute Gasteiger partial charge is 0.265 e. The van der Waals surface area contributed by atoms with Gasteiger partial charge in [-0.1, -0.05) is 47.1 Å². The fourth-order valence-electron chi connectivity index (χ4n) is 1.51. The molecule has 2 rings (SSSR count). The first-order valence-electron chi connectivity index (χ1n) is 6.10. The number of rotatable bonds is 5. The van der Waals surface area contributed by atoms with Crippen molar-refractivity contribution in [2.75, 3.05) is 11.9 Å². The Morgan fingerprint density at radius 1 is 1.29 bits per heavy atom. The number of nitrogens with zero attached hydrogens (tertiary/aromatic N) is 1. The SMILES string of the molecule is O=C(CO/N=C\c1ccccc1)Nc1ccc(Cl)cc1F. The third-order valence-corrected chi connectivity index (χ3v) is 2.71. The van der Waals surface area contributed by atoms with Gasteiger partial charge in [0.1, 0.15) is 5.82 Å². The molecule has 1 N–H and O–H groups in total. The second kappa shape index (κ2) is 7.40. The van der Waals surface area contributed by atoms with Crippen molar-refractivity contribution in [2.45, 2.75) is 0 Å². The molecule has 0 radical (unpaired) electrons. The molecule has 0 bridgehead atoms. The quantitative estimate of drug-likeness (QED) is 0.679. The normalized spacial score (nSPS) is 10.6. The summed E-state index contributed by atoms with van der Waals surface area (Å²) in [5, 5.41) is 6.28. The summed E-state index contributed by atoms with van der Waals surface area (Å²) >= 11 is 5.62. The van der Waals surface area contributed by atoms with Gasteiger partial charge in [0, 0.05) is 5.02 Å². The summed E-state index contributed by atoms with van der Waals surface area (Å²) in [5.41, 5.74) is 0.890. The van der Waals surface area contributed by atoms with E-state index in [4.69, 9.17) is 16.4 Å². The molecule has 21 heavy (non-hydrogen) atoms. The van der Waals surface area contributed by atoms with Gasteiger partial charge in [-0.3, -0.25) is 4.79 Å². The molecule has 0 aliphatic carbocycles. The molecule has 0 heterocycles. The summed E-state index contributed by atoms with van der Waals surface area (Å²) in [5.74, 6) is -1.12. The molecule has 0 saturated carbocycles. The van der Waals surface area contributed by atoms with Gasteiger partial charge >= 0.3 is 0 Å². The Hall–Kier alpha value is -2.40. The third kappa shape index (κ3) is 4.89. The molecule has 0 atom stereocenters. The fourth-order valence-corrected chi connectivity index (χ4v) is 1.67. The van der Waals surface area contributed by atoms with E-state index in [1.807, 2.05) is 30.3 Å². The van der Waals surface area contributed by atoms with E-state index in [0.29, 0.717) is 0 Å². The molecule has 1 amide bonds. The van der Waals surface area contributed by atoms with Gasteiger partial charge in [-0.2, -0.15) is 0 Å². The van der Waals surface area contributed by atoms with Crippen LogP contribution >= 0.6 is 11.6 Å². The molecule has 2 aromatic rings. The van der Waals surface area contributed by atoms with Gasteiger partial charge in [-0.25, -0.2) is 4.39 Å². The molecular weight excluding hydrogens is 295 g/mol. The first kappa shape index (κ1) is 15.0. The Kier molecular flexibility index (Phi) is 5.29. The highest BCUT2D eigenvalue weighted by Crippen LogP contribution is 2.18. The Morgan fingerprint density at radius 2 is 2.05 bits per heavy atom. The van der Waals surface area contributed by atoms with Crippen LogP contribution < -0.4 is 5.32 Å². The number of hydrogen-bond donors (Lipinski definition) is 1. The Morgan fingerprint density at radius 3 is 2.76 bits per heavy atom. The van der Waals surface area contributed by atoms with Crippen LogP contribution in [0.15, 0.2) is 53.7 Å². The third-order valence-electron chi connectivity index (χ3n) is 2.48. The maximum absolute atomic E-state index is 13.5. The van der Waals surface area contributed by atoms with Gasteiger partial charge in [0.2, 0.25) is 0 Å². The molecule has 0 unspecified atom stereocenters. The number of hydrogen-bond acceptors (Lipinski definition) is 3. The topological polar surface area (TPSA) is 50.7 Å². The van der Waals surface area contributed by atoms with E-state index in [9.17, 15) is 9.18 Å². The van der Waals surface area contributed by atoms with Gasteiger partial charge in [0.15, 0.2) is 6.61 Å². The highest BCUT2D eigenvalue weighted by Gasteiger charge is 2.07. The van der Waals surface area contributed by atoms with Crippen molar-refractivity contribution in [3.8, 4) is 0 Å². The predicted octanol–water partition coefficient (Wildman–Crippen LogP) is 3.47. The second-order valence-electron chi connectivity index (χ2n) is 4.09. The van der Waals surface area contributed by atoms with Crippen LogP contribution in [0.2, 0.25) is 5.02 Å². The molecule has 0 saturated heterocycles. The summed E-state index contributed by atoms with van der Waals surface area (Å²) < 4.78 is 13.5. The van der Waals surface area contributed by atoms with Crippen LogP contribution in [0.4, 0.5) is 10.1 Å². The highest BCUT2D eigenvalue weighted by atomic mass is 35.5. The Bertz CT molecular complexity index is 647. The standard InChI is InChI=1S/C15H12ClFN2O2/c16-12-6-7-14(13(17)8-12)19-15(20)10-21-18-9-11-4-2-1-3-5-11/h1-9H,10H2,(H,19,20)/b18-9-. The van der Waals surface area contributed by atoms with Gasteiger partial charge in [-0.15, -0.1) is 0 Å². The van der Waals surface area contributed by atoms with E-state index in [2.05, 4.69) is 10.5 Å². The van der Waals surface area contributed by atoms with Crippen LogP contribution in [0.25, 0.3) is 0 Å². The number of oxime groups is 1. The highest BCUT2D eigenvalue weighted by molar-refractivity contribution is 6.30. The monoisotopic (exact) mass is 306 g/mol. The van der Waals surface area contributed by atoms with Crippen molar-refractivity contribution < 1.29 is 14.0 Å². The van der Waals surface area contributed by atoms with E-state index in [-0.39, 0.29) is 17.3 Å². The minimum absolute atomic E-state index is 0.0417. The summed E-state index contributed by atoms with van der Waals surface area (Å²) in [7, 11) is 0. The minimum atomic E-state index is -0.608. The lowest BCUT2D eigenvalue weighted by Crippen LogP contribution is -2.17. The zero-order valence-corrected chi connectivity index (χ0v) is 11.7. The van der Waals surface area contributed by atoms with Crippen molar-refractivity contribution >= 4 is 29.4 Å². The number of amides is 1. The first-order chi connectivity index (χ1) is 10.1. The molecule has 0 fully saturated rings. The number of nitrogens with one attached hydrogen (secondary N) is 1. The second-order valence-corrected chi connectivity index (χ2v) is 4.53. The Balaban J connectivity index is 1.81. The number of anilines is 1. The molecule has 0 aliphatic heterocycles. The largest absolute Gasteiger partial charge is 0.386 e. The Labute approximate surface area is 126 Å². The van der Waals surface area contributed by atoms with Gasteiger partial charge < -0.3 is 10.2 Å². The molecule has 0 aromatic heterocycles. The predicted molar refractivity (Wildman–Crippen MR) is 80.0 cm³/mol. The van der Waals surface area contributed by atoms with E-state index >= 15 is 0 Å². The molecule has 2 aromatic carbocycles. The number of benzene rings is 2. The van der Waals surface area contributed by atoms with Crippen LogP contribution in [0.1, 0.15) is 5.56 Å². The zero-order valence-electron chi connectivity index (χ0n) is 10.9. The average molecular weight is 307 g/mol. The van der Waals surface area contributed by atoms with Crippen molar-refractivity contribution in [3.05, 3.63) is 64.9 Å². The van der Waals surface area contributed by atoms with Crippen molar-refractivity contribution in [2.24, 2.45) is 5.16 Å². The fraction of sp³-hybridized carbons (Fsp3) is 0.0667. The van der Waals surface area contributed by atoms with Crippen LogP contribution in [-0.2, 0) is 9.63 Å². The summed E-state index contributed by atoms with van der Waals surface area (Å²) in [6.45, 7) is -0.314. The lowest BCUT2D eigenvalue weighted by molar-refractivity contribution is -0.120. The lowest BCUT2D eigenvalue weighted by atomic mass is 10.2. The maximum Gasteiger partial charge on any atom is 0.265 e. The van der Waals surface area contributed by atoms with Crippen molar-refractivity contribution in [1.29, 1.82) is 0 Å². The molecule has 6 heteroatoms. The van der Waals surface area contributed by atoms with E-state index in [1.54, 1.807) is 0 Å². The maximum atomic E-state index is 13.5. The van der Waals surface area contributed by atoms with E-state index in [1.165, 1.54) is 18.3 Å². The van der Waals surface area contributed by atoms with E-state index in [0.717, 1.165) is 11.6 Å². The van der Waals surface area contributed by atoms with Crippen LogP contribution in [0, 0.1) is 5.82 Å². The molecule has 0 aliphatic rings. The molecular formula is C15H12ClFN2O2. The average Bonchev–Trinajstić information content (AvgIpc) is 2.48. The number of carbonyl (C=O) groups excluding carboxylic acids is 1. The van der Waals surface area contributed by atoms with Crippen LogP contribution in [0.5, 0.6) is 0 Å². The summed E-state index contributed by atoms with van der Waals surface area (Å²) in [6.07, 6.45) is 1.48. The van der Waals surface area contributed by atoms with Gasteiger partial charge in [0.25, 0.3) is 5.91 Å². The van der Waals surface area contributed by atoms with Crippen LogP contribution in [-0.4, -0.2) is 18.7 Å². The van der Waals surface area contributed by atoms with Gasteiger partial charge in [-0.05, 0) is 23.8 Å². The molecule has 108 valence electrons. The molecule has 4 nitrogen and oxygen atoms in total. The lowest BCUT2D eigenvalue weighted by Gasteiger charge is -2.05. The zero-order chi connectivity index (χ0) is 15.1. The van der Waals surface area contributed by atoms with Crippen molar-refractivity contribution in [1.82, 2.24) is 0 Å². The van der Waals surface area contributed by atoms with Gasteiger partial charge in [0.05, 0.1) is 11.9 Å². The minimum Gasteiger partial charge on any atom is -0.386 e. The molecule has 0 spiro atoms.